The fourth-order valence-corrected chi connectivity index (χ4v) is 4.28. The number of β-amino-alcohol motifs (C(OH)–C–C–N with tert-alkyl or cyclic N) is 1. The Morgan fingerprint density at radius 2 is 2.00 bits per heavy atom. The number of aliphatic hydroxyl groups excluding tert-OH is 1. The lowest BCUT2D eigenvalue weighted by Gasteiger charge is -2.37. The number of amides is 1. The normalized spacial score (nSPS) is 14.7. The number of nitriles is 1. The minimum Gasteiger partial charge on any atom is -0.462 e. The zero-order valence-corrected chi connectivity index (χ0v) is 20.1. The average Bonchev–Trinajstić information content (AvgIpc) is 3.27. The zero-order chi connectivity index (χ0) is 25.2. The summed E-state index contributed by atoms with van der Waals surface area (Å²) in [6.45, 7) is 1.05. The summed E-state index contributed by atoms with van der Waals surface area (Å²) in [6.07, 6.45) is 2.83. The third kappa shape index (κ3) is 4.93. The monoisotopic (exact) mass is 524 g/mol. The Morgan fingerprint density at radius 3 is 2.67 bits per heavy atom. The van der Waals surface area contributed by atoms with Crippen molar-refractivity contribution >= 4 is 46.0 Å². The highest BCUT2D eigenvalue weighted by atomic mass is 35.5. The van der Waals surface area contributed by atoms with Crippen LogP contribution in [0.3, 0.4) is 0 Å². The van der Waals surface area contributed by atoms with Crippen LogP contribution in [0.25, 0.3) is 16.7 Å². The predicted octanol–water partition coefficient (Wildman–Crippen LogP) is 2.45. The lowest BCUT2D eigenvalue weighted by Crippen LogP contribution is -2.55. The van der Waals surface area contributed by atoms with Gasteiger partial charge in [0, 0.05) is 32.0 Å². The molecule has 13 heteroatoms. The maximum atomic E-state index is 13.2. The van der Waals surface area contributed by atoms with Gasteiger partial charge in [-0.15, -0.1) is 5.10 Å². The number of halogens is 2. The van der Waals surface area contributed by atoms with Gasteiger partial charge in [0.2, 0.25) is 5.88 Å². The molecule has 0 saturated carbocycles. The number of hydrogen-bond donors (Lipinski definition) is 2. The van der Waals surface area contributed by atoms with E-state index in [0.717, 1.165) is 0 Å². The van der Waals surface area contributed by atoms with Crippen LogP contribution in [0.15, 0.2) is 49.1 Å². The molecule has 1 aliphatic rings. The molecule has 11 nitrogen and oxygen atoms in total. The lowest BCUT2D eigenvalue weighted by molar-refractivity contribution is -0.125. The number of pyridine rings is 1. The zero-order valence-electron chi connectivity index (χ0n) is 18.5. The molecule has 1 aliphatic heterocycles. The summed E-state index contributed by atoms with van der Waals surface area (Å²) >= 11 is 12.7. The maximum Gasteiger partial charge on any atom is 0.268 e. The molecule has 1 fully saturated rings. The number of carbonyl (C=O) groups is 1. The van der Waals surface area contributed by atoms with Gasteiger partial charge in [-0.25, -0.2) is 19.6 Å². The van der Waals surface area contributed by atoms with Crippen LogP contribution in [0.5, 0.6) is 5.88 Å². The van der Waals surface area contributed by atoms with Gasteiger partial charge in [-0.2, -0.15) is 5.26 Å². The van der Waals surface area contributed by atoms with Crippen molar-refractivity contribution in [2.45, 2.75) is 12.2 Å². The summed E-state index contributed by atoms with van der Waals surface area (Å²) in [6, 6.07) is 10.2. The Bertz CT molecular complexity index is 1440. The number of hydrogen-bond acceptors (Lipinski definition) is 9. The molecule has 5 rings (SSSR count). The lowest BCUT2D eigenvalue weighted by atomic mass is 10.1. The van der Waals surface area contributed by atoms with Gasteiger partial charge < -0.3 is 15.2 Å². The predicted molar refractivity (Wildman–Crippen MR) is 131 cm³/mol. The first-order chi connectivity index (χ1) is 17.4. The molecule has 1 amide bonds. The number of aliphatic hydroxyl groups is 1. The number of rotatable bonds is 7. The number of nitrogens with zero attached hydrogens (tertiary/aromatic N) is 7. The van der Waals surface area contributed by atoms with Crippen LogP contribution in [0.4, 0.5) is 5.82 Å². The summed E-state index contributed by atoms with van der Waals surface area (Å²) in [7, 11) is 0. The molecule has 1 atom stereocenters. The van der Waals surface area contributed by atoms with E-state index in [-0.39, 0.29) is 18.2 Å². The number of aromatic nitrogens is 5. The number of benzene rings is 1. The topological polar surface area (TPSA) is 142 Å². The van der Waals surface area contributed by atoms with Crippen LogP contribution < -0.4 is 10.1 Å². The van der Waals surface area contributed by atoms with E-state index in [1.807, 2.05) is 11.0 Å². The van der Waals surface area contributed by atoms with Gasteiger partial charge in [-0.1, -0.05) is 29.3 Å². The van der Waals surface area contributed by atoms with Crippen LogP contribution >= 0.6 is 23.2 Å². The van der Waals surface area contributed by atoms with E-state index < -0.39 is 18.1 Å². The second kappa shape index (κ2) is 10.0. The minimum absolute atomic E-state index is 0.142. The van der Waals surface area contributed by atoms with Gasteiger partial charge in [0.1, 0.15) is 29.3 Å². The van der Waals surface area contributed by atoms with E-state index in [1.165, 1.54) is 23.3 Å². The molecular weight excluding hydrogens is 507 g/mol. The first-order valence-corrected chi connectivity index (χ1v) is 11.6. The first kappa shape index (κ1) is 23.9. The Labute approximate surface area is 214 Å². The molecule has 4 aromatic rings. The summed E-state index contributed by atoms with van der Waals surface area (Å²) in [5, 5.41) is 27.0. The van der Waals surface area contributed by atoms with E-state index in [1.54, 1.807) is 30.5 Å². The number of anilines is 1. The van der Waals surface area contributed by atoms with Crippen molar-refractivity contribution in [2.24, 2.45) is 0 Å². The first-order valence-electron chi connectivity index (χ1n) is 10.8. The number of carbonyl (C=O) groups excluding carboxylic acids is 1. The van der Waals surface area contributed by atoms with E-state index in [0.29, 0.717) is 45.4 Å². The van der Waals surface area contributed by atoms with Gasteiger partial charge in [0.25, 0.3) is 5.91 Å². The average molecular weight is 525 g/mol. The standard InChI is InChI=1S/C23H18Cl2N8O3/c24-16-2-1-3-17(25)20(16)33-10-15-21(31-33)28-12-29-23(15)36-18(11-32-8-14(34)9-32)22(35)30-19-5-4-13(6-26)7-27-19/h1-5,7,10,12,14,18,34H,8-9,11H2,(H,27,30,35)/t18-/m0/s1. The maximum absolute atomic E-state index is 13.2. The fraction of sp³-hybridized carbons (Fsp3) is 0.217. The minimum atomic E-state index is -1.000. The van der Waals surface area contributed by atoms with Crippen LogP contribution in [0, 0.1) is 11.3 Å². The summed E-state index contributed by atoms with van der Waals surface area (Å²) < 4.78 is 7.56. The van der Waals surface area contributed by atoms with Crippen molar-refractivity contribution in [2.75, 3.05) is 25.0 Å². The Balaban J connectivity index is 1.43. The third-order valence-electron chi connectivity index (χ3n) is 5.50. The highest BCUT2D eigenvalue weighted by molar-refractivity contribution is 6.37. The van der Waals surface area contributed by atoms with Crippen LogP contribution in [-0.2, 0) is 4.79 Å². The number of nitrogens with one attached hydrogen (secondary N) is 1. The summed E-state index contributed by atoms with van der Waals surface area (Å²) in [4.78, 5) is 27.5. The van der Waals surface area contributed by atoms with E-state index >= 15 is 0 Å². The van der Waals surface area contributed by atoms with Crippen LogP contribution in [-0.4, -0.2) is 72.5 Å². The van der Waals surface area contributed by atoms with Crippen molar-refractivity contribution in [3.8, 4) is 17.6 Å². The van der Waals surface area contributed by atoms with Gasteiger partial charge in [0.15, 0.2) is 11.8 Å². The summed E-state index contributed by atoms with van der Waals surface area (Å²) in [5.41, 5.74) is 1.16. The molecule has 0 bridgehead atoms. The van der Waals surface area contributed by atoms with Gasteiger partial charge in [-0.3, -0.25) is 9.69 Å². The second-order valence-electron chi connectivity index (χ2n) is 8.07. The van der Waals surface area contributed by atoms with Crippen LogP contribution in [0.2, 0.25) is 10.0 Å². The summed E-state index contributed by atoms with van der Waals surface area (Å²) in [5.74, 6) is -0.0596. The van der Waals surface area contributed by atoms with Crippen molar-refractivity contribution in [3.63, 3.8) is 0 Å². The second-order valence-corrected chi connectivity index (χ2v) is 8.89. The van der Waals surface area contributed by atoms with E-state index in [2.05, 4.69) is 25.4 Å². The molecule has 1 saturated heterocycles. The van der Waals surface area contributed by atoms with Gasteiger partial charge >= 0.3 is 0 Å². The Hall–Kier alpha value is -3.82. The van der Waals surface area contributed by atoms with Crippen molar-refractivity contribution in [1.29, 1.82) is 5.26 Å². The van der Waals surface area contributed by atoms with E-state index in [4.69, 9.17) is 33.2 Å². The Kier molecular flexibility index (Phi) is 6.67. The SMILES string of the molecule is N#Cc1ccc(NC(=O)[C@H](CN2CC(O)C2)Oc2ncnc3nn(-c4c(Cl)cccc4Cl)cc23)nc1. The van der Waals surface area contributed by atoms with Crippen LogP contribution in [0.1, 0.15) is 5.56 Å². The number of ether oxygens (including phenoxy) is 1. The molecule has 0 aliphatic carbocycles. The molecule has 0 spiro atoms. The highest BCUT2D eigenvalue weighted by Crippen LogP contribution is 2.30. The van der Waals surface area contributed by atoms with Crippen molar-refractivity contribution in [3.05, 3.63) is 64.7 Å². The molecule has 1 aromatic carbocycles. The smallest absolute Gasteiger partial charge is 0.268 e. The molecule has 3 aromatic heterocycles. The van der Waals surface area contributed by atoms with Gasteiger partial charge in [-0.05, 0) is 24.3 Å². The fourth-order valence-electron chi connectivity index (χ4n) is 3.71. The number of para-hydroxylation sites is 1. The quantitative estimate of drug-likeness (QED) is 0.372. The molecule has 182 valence electrons. The molecule has 4 heterocycles. The van der Waals surface area contributed by atoms with Gasteiger partial charge in [0.05, 0.1) is 21.7 Å². The third-order valence-corrected chi connectivity index (χ3v) is 6.11. The highest BCUT2D eigenvalue weighted by Gasteiger charge is 2.32. The molecule has 2 N–H and O–H groups in total. The van der Waals surface area contributed by atoms with E-state index in [9.17, 15) is 9.90 Å². The number of likely N-dealkylation sites (tertiary alicyclic amines) is 1. The largest absolute Gasteiger partial charge is 0.462 e. The van der Waals surface area contributed by atoms with Crippen molar-refractivity contribution in [1.82, 2.24) is 29.6 Å². The van der Waals surface area contributed by atoms with Crippen molar-refractivity contribution < 1.29 is 14.6 Å². The number of fused-ring (bicyclic) bond motifs is 1. The molecule has 0 unspecified atom stereocenters. The molecular formula is C23H18Cl2N8O3. The molecule has 0 radical (unpaired) electrons. The molecule has 36 heavy (non-hydrogen) atoms. The Morgan fingerprint density at radius 1 is 1.22 bits per heavy atom.